The van der Waals surface area contributed by atoms with Crippen LogP contribution in [0.15, 0.2) is 30.3 Å². The first-order chi connectivity index (χ1) is 9.67. The van der Waals surface area contributed by atoms with Crippen molar-refractivity contribution in [2.75, 3.05) is 26.2 Å². The zero-order valence-electron chi connectivity index (χ0n) is 12.3. The molecule has 4 rings (SSSR count). The van der Waals surface area contributed by atoms with Gasteiger partial charge in [-0.2, -0.15) is 0 Å². The summed E-state index contributed by atoms with van der Waals surface area (Å²) in [5, 5.41) is 0. The number of quaternary nitrogens is 1. The van der Waals surface area contributed by atoms with Crippen LogP contribution >= 0.6 is 0 Å². The van der Waals surface area contributed by atoms with Crippen molar-refractivity contribution in [3.63, 3.8) is 0 Å². The minimum absolute atomic E-state index is 0.120. The first kappa shape index (κ1) is 13.6. The predicted octanol–water partition coefficient (Wildman–Crippen LogP) is 2.40. The third-order valence-electron chi connectivity index (χ3n) is 5.08. The smallest absolute Gasteiger partial charge is 0.303 e. The number of carbonyl (C=O) groups is 1. The van der Waals surface area contributed by atoms with E-state index in [1.807, 2.05) is 0 Å². The lowest BCUT2D eigenvalue weighted by Crippen LogP contribution is -2.64. The minimum Gasteiger partial charge on any atom is -0.456 e. The monoisotopic (exact) mass is 274 g/mol. The van der Waals surface area contributed by atoms with Gasteiger partial charge in [-0.25, -0.2) is 0 Å². The molecular formula is C17H24NO2+. The molecule has 20 heavy (non-hydrogen) atoms. The van der Waals surface area contributed by atoms with E-state index in [4.69, 9.17) is 4.74 Å². The highest BCUT2D eigenvalue weighted by Crippen LogP contribution is 2.35. The average molecular weight is 274 g/mol. The summed E-state index contributed by atoms with van der Waals surface area (Å²) in [5.74, 6) is 0.487. The third kappa shape index (κ3) is 2.88. The average Bonchev–Trinajstić information content (AvgIpc) is 2.47. The molecule has 0 aliphatic carbocycles. The molecule has 2 bridgehead atoms. The van der Waals surface area contributed by atoms with Gasteiger partial charge in [-0.15, -0.1) is 0 Å². The van der Waals surface area contributed by atoms with Gasteiger partial charge < -0.3 is 9.22 Å². The van der Waals surface area contributed by atoms with Crippen LogP contribution in [0, 0.1) is 5.92 Å². The molecule has 1 unspecified atom stereocenters. The van der Waals surface area contributed by atoms with Crippen molar-refractivity contribution < 1.29 is 14.0 Å². The number of piperidine rings is 3. The van der Waals surface area contributed by atoms with E-state index in [-0.39, 0.29) is 12.1 Å². The maximum Gasteiger partial charge on any atom is 0.303 e. The quantitative estimate of drug-likeness (QED) is 0.622. The fraction of sp³-hybridized carbons (Fsp3) is 0.588. The van der Waals surface area contributed by atoms with Crippen molar-refractivity contribution in [2.45, 2.75) is 32.3 Å². The van der Waals surface area contributed by atoms with Gasteiger partial charge in [0.25, 0.3) is 0 Å². The van der Waals surface area contributed by atoms with E-state index < -0.39 is 0 Å². The molecule has 3 nitrogen and oxygen atoms in total. The molecule has 3 saturated heterocycles. The van der Waals surface area contributed by atoms with Crippen LogP contribution in [0.5, 0.6) is 0 Å². The summed E-state index contributed by atoms with van der Waals surface area (Å²) in [5.41, 5.74) is 1.41. The van der Waals surface area contributed by atoms with Crippen LogP contribution in [-0.4, -0.2) is 42.7 Å². The molecule has 0 radical (unpaired) electrons. The lowest BCUT2D eigenvalue weighted by molar-refractivity contribution is -0.946. The maximum absolute atomic E-state index is 11.2. The van der Waals surface area contributed by atoms with Gasteiger partial charge in [0.05, 0.1) is 19.6 Å². The van der Waals surface area contributed by atoms with Gasteiger partial charge in [0.2, 0.25) is 0 Å². The number of esters is 1. The number of carbonyl (C=O) groups excluding carboxylic acids is 1. The molecule has 3 heterocycles. The summed E-state index contributed by atoms with van der Waals surface area (Å²) >= 11 is 0. The Kier molecular flexibility index (Phi) is 3.79. The molecule has 3 fully saturated rings. The molecule has 0 aromatic heterocycles. The van der Waals surface area contributed by atoms with Crippen molar-refractivity contribution in [3.8, 4) is 0 Å². The minimum atomic E-state index is -0.120. The molecule has 0 spiro atoms. The van der Waals surface area contributed by atoms with Crippen molar-refractivity contribution in [1.82, 2.24) is 0 Å². The second kappa shape index (κ2) is 5.57. The van der Waals surface area contributed by atoms with Gasteiger partial charge in [0.15, 0.2) is 6.10 Å². The molecule has 3 aliphatic heterocycles. The Morgan fingerprint density at radius 2 is 1.95 bits per heavy atom. The number of hydrogen-bond donors (Lipinski definition) is 0. The van der Waals surface area contributed by atoms with E-state index in [0.717, 1.165) is 17.4 Å². The van der Waals surface area contributed by atoms with Gasteiger partial charge in [-0.05, 0) is 5.56 Å². The molecule has 0 N–H and O–H groups in total. The van der Waals surface area contributed by atoms with Crippen LogP contribution in [0.25, 0.3) is 0 Å². The van der Waals surface area contributed by atoms with Gasteiger partial charge in [-0.3, -0.25) is 4.79 Å². The number of hydrogen-bond acceptors (Lipinski definition) is 2. The van der Waals surface area contributed by atoms with E-state index in [1.165, 1.54) is 45.0 Å². The van der Waals surface area contributed by atoms with Crippen LogP contribution in [0.2, 0.25) is 0 Å². The molecule has 1 aromatic rings. The molecule has 1 aromatic carbocycles. The van der Waals surface area contributed by atoms with Crippen LogP contribution in [0.1, 0.15) is 25.3 Å². The van der Waals surface area contributed by atoms with E-state index >= 15 is 0 Å². The molecule has 0 amide bonds. The summed E-state index contributed by atoms with van der Waals surface area (Å²) in [6, 6.07) is 10.7. The Bertz CT molecular complexity index is 463. The topological polar surface area (TPSA) is 26.3 Å². The lowest BCUT2D eigenvalue weighted by Gasteiger charge is -2.52. The molecule has 3 aliphatic rings. The van der Waals surface area contributed by atoms with Gasteiger partial charge in [0.1, 0.15) is 6.54 Å². The van der Waals surface area contributed by atoms with Crippen molar-refractivity contribution in [3.05, 3.63) is 35.9 Å². The van der Waals surface area contributed by atoms with Crippen LogP contribution < -0.4 is 0 Å². The Morgan fingerprint density at radius 3 is 2.60 bits per heavy atom. The van der Waals surface area contributed by atoms with E-state index in [9.17, 15) is 4.79 Å². The number of rotatable bonds is 4. The van der Waals surface area contributed by atoms with Gasteiger partial charge in [0, 0.05) is 32.1 Å². The normalized spacial score (nSPS) is 32.0. The second-order valence-corrected chi connectivity index (χ2v) is 6.42. The predicted molar refractivity (Wildman–Crippen MR) is 78.2 cm³/mol. The van der Waals surface area contributed by atoms with Crippen LogP contribution in [-0.2, 0) is 16.0 Å². The van der Waals surface area contributed by atoms with Crippen molar-refractivity contribution in [1.29, 1.82) is 0 Å². The summed E-state index contributed by atoms with van der Waals surface area (Å²) in [4.78, 5) is 11.2. The first-order valence-electron chi connectivity index (χ1n) is 7.73. The Labute approximate surface area is 121 Å². The fourth-order valence-corrected chi connectivity index (χ4v) is 3.89. The number of nitrogens with zero attached hydrogens (tertiary/aromatic N) is 1. The zero-order chi connectivity index (χ0) is 14.0. The van der Waals surface area contributed by atoms with E-state index in [0.29, 0.717) is 5.92 Å². The Morgan fingerprint density at radius 1 is 1.25 bits per heavy atom. The standard InChI is InChI=1S/C17H24NO2/c1-14(19)20-17-13-18(11-8-16(17)9-12-18)10-7-15-5-3-2-4-6-15/h2-6,16-17H,7-13H2,1H3/q+1. The first-order valence-corrected chi connectivity index (χ1v) is 7.73. The van der Waals surface area contributed by atoms with E-state index in [2.05, 4.69) is 30.3 Å². The summed E-state index contributed by atoms with van der Waals surface area (Å²) in [6.45, 7) is 6.25. The molecule has 3 heteroatoms. The van der Waals surface area contributed by atoms with Crippen LogP contribution in [0.3, 0.4) is 0 Å². The van der Waals surface area contributed by atoms with Crippen LogP contribution in [0.4, 0.5) is 0 Å². The molecule has 108 valence electrons. The zero-order valence-corrected chi connectivity index (χ0v) is 12.3. The largest absolute Gasteiger partial charge is 0.456 e. The number of fused-ring (bicyclic) bond motifs is 3. The summed E-state index contributed by atoms with van der Waals surface area (Å²) < 4.78 is 6.69. The highest BCUT2D eigenvalue weighted by atomic mass is 16.5. The fourth-order valence-electron chi connectivity index (χ4n) is 3.89. The highest BCUT2D eigenvalue weighted by molar-refractivity contribution is 5.66. The summed E-state index contributed by atoms with van der Waals surface area (Å²) in [6.07, 6.45) is 3.71. The highest BCUT2D eigenvalue weighted by Gasteiger charge is 2.46. The number of benzene rings is 1. The summed E-state index contributed by atoms with van der Waals surface area (Å²) in [7, 11) is 0. The van der Waals surface area contributed by atoms with Gasteiger partial charge in [-0.1, -0.05) is 30.3 Å². The third-order valence-corrected chi connectivity index (χ3v) is 5.08. The molecule has 0 saturated carbocycles. The van der Waals surface area contributed by atoms with E-state index in [1.54, 1.807) is 0 Å². The molecule has 1 atom stereocenters. The number of ether oxygens (including phenoxy) is 1. The molecular weight excluding hydrogens is 250 g/mol. The maximum atomic E-state index is 11.2. The SMILES string of the molecule is CC(=O)OC1C[N+]2(CCc3ccccc3)CCC1CC2. The van der Waals surface area contributed by atoms with Crippen molar-refractivity contribution in [2.24, 2.45) is 5.92 Å². The Balaban J connectivity index is 1.64. The lowest BCUT2D eigenvalue weighted by atomic mass is 9.83. The Hall–Kier alpha value is -1.35. The second-order valence-electron chi connectivity index (χ2n) is 6.42. The van der Waals surface area contributed by atoms with Crippen molar-refractivity contribution >= 4 is 5.97 Å². The van der Waals surface area contributed by atoms with Gasteiger partial charge >= 0.3 is 5.97 Å².